The van der Waals surface area contributed by atoms with Gasteiger partial charge in [0.2, 0.25) is 10.0 Å². The Bertz CT molecular complexity index is 672. The van der Waals surface area contributed by atoms with Crippen LogP contribution in [0.15, 0.2) is 29.2 Å². The van der Waals surface area contributed by atoms with Gasteiger partial charge in [-0.2, -0.15) is 4.31 Å². The summed E-state index contributed by atoms with van der Waals surface area (Å²) in [5.74, 6) is 5.48. The van der Waals surface area contributed by atoms with Gasteiger partial charge in [0.25, 0.3) is 0 Å². The van der Waals surface area contributed by atoms with Gasteiger partial charge in [0.05, 0.1) is 17.0 Å². The summed E-state index contributed by atoms with van der Waals surface area (Å²) in [7, 11) is -3.66. The minimum absolute atomic E-state index is 0.105. The van der Waals surface area contributed by atoms with E-state index in [0.29, 0.717) is 24.9 Å². The molecule has 1 unspecified atom stereocenters. The van der Waals surface area contributed by atoms with E-state index in [9.17, 15) is 13.5 Å². The van der Waals surface area contributed by atoms with Crippen LogP contribution in [0.5, 0.6) is 0 Å². The molecule has 1 heterocycles. The highest BCUT2D eigenvalue weighted by atomic mass is 32.2. The van der Waals surface area contributed by atoms with Gasteiger partial charge in [0.15, 0.2) is 0 Å². The number of piperidine rings is 1. The molecule has 0 saturated carbocycles. The molecule has 114 valence electrons. The van der Waals surface area contributed by atoms with E-state index in [2.05, 4.69) is 11.8 Å². The molecule has 1 aliphatic heterocycles. The number of benzene rings is 1. The molecule has 0 bridgehead atoms. The molecule has 1 fully saturated rings. The van der Waals surface area contributed by atoms with Crippen molar-refractivity contribution in [1.82, 2.24) is 4.31 Å². The SMILES string of the molecule is CC1(O)CCCN(S(=O)(=O)c2ccccc2C#CCN)C1. The van der Waals surface area contributed by atoms with Gasteiger partial charge in [-0.15, -0.1) is 0 Å². The smallest absolute Gasteiger partial charge is 0.244 e. The van der Waals surface area contributed by atoms with Crippen molar-refractivity contribution >= 4 is 10.0 Å². The molecule has 0 radical (unpaired) electrons. The average molecular weight is 308 g/mol. The Kier molecular flexibility index (Phi) is 4.69. The lowest BCUT2D eigenvalue weighted by Gasteiger charge is -2.36. The molecule has 1 saturated heterocycles. The fourth-order valence-electron chi connectivity index (χ4n) is 2.46. The number of nitrogens with zero attached hydrogens (tertiary/aromatic N) is 1. The molecule has 1 aromatic carbocycles. The fourth-order valence-corrected chi connectivity index (χ4v) is 4.20. The number of β-amino-alcohol motifs (C(OH)–C–C–N with tert-alkyl or cyclic N) is 1. The van der Waals surface area contributed by atoms with E-state index in [-0.39, 0.29) is 18.0 Å². The van der Waals surface area contributed by atoms with Crippen molar-refractivity contribution in [2.45, 2.75) is 30.3 Å². The maximum Gasteiger partial charge on any atom is 0.244 e. The van der Waals surface area contributed by atoms with Crippen molar-refractivity contribution in [2.24, 2.45) is 5.73 Å². The van der Waals surface area contributed by atoms with Gasteiger partial charge in [-0.1, -0.05) is 24.0 Å². The highest BCUT2D eigenvalue weighted by Gasteiger charge is 2.36. The van der Waals surface area contributed by atoms with Crippen molar-refractivity contribution in [2.75, 3.05) is 19.6 Å². The fraction of sp³-hybridized carbons (Fsp3) is 0.467. The molecular formula is C15H20N2O3S. The lowest BCUT2D eigenvalue weighted by molar-refractivity contribution is 0.00939. The summed E-state index contributed by atoms with van der Waals surface area (Å²) in [5.41, 5.74) is 4.80. The van der Waals surface area contributed by atoms with Gasteiger partial charge in [-0.05, 0) is 31.9 Å². The molecule has 5 nitrogen and oxygen atoms in total. The molecular weight excluding hydrogens is 288 g/mol. The van der Waals surface area contributed by atoms with Crippen molar-refractivity contribution < 1.29 is 13.5 Å². The molecule has 0 spiro atoms. The lowest BCUT2D eigenvalue weighted by atomic mass is 9.97. The van der Waals surface area contributed by atoms with Gasteiger partial charge < -0.3 is 10.8 Å². The van der Waals surface area contributed by atoms with Crippen molar-refractivity contribution in [3.8, 4) is 11.8 Å². The molecule has 0 amide bonds. The van der Waals surface area contributed by atoms with E-state index >= 15 is 0 Å². The second kappa shape index (κ2) is 6.16. The van der Waals surface area contributed by atoms with Gasteiger partial charge in [0.1, 0.15) is 0 Å². The third-order valence-corrected chi connectivity index (χ3v) is 5.37. The number of sulfonamides is 1. The van der Waals surface area contributed by atoms with Crippen LogP contribution in [0, 0.1) is 11.8 Å². The van der Waals surface area contributed by atoms with Crippen LogP contribution in [0.25, 0.3) is 0 Å². The second-order valence-corrected chi connectivity index (χ2v) is 7.35. The van der Waals surface area contributed by atoms with Crippen molar-refractivity contribution in [1.29, 1.82) is 0 Å². The highest BCUT2D eigenvalue weighted by Crippen LogP contribution is 2.27. The van der Waals surface area contributed by atoms with Gasteiger partial charge >= 0.3 is 0 Å². The predicted octanol–water partition coefficient (Wildman–Crippen LogP) is 0.532. The number of aliphatic hydroxyl groups is 1. The summed E-state index contributed by atoms with van der Waals surface area (Å²) in [4.78, 5) is 0.170. The Labute approximate surface area is 125 Å². The Morgan fingerprint density at radius 2 is 2.14 bits per heavy atom. The van der Waals surface area contributed by atoms with E-state index in [4.69, 9.17) is 5.73 Å². The van der Waals surface area contributed by atoms with E-state index in [1.54, 1.807) is 31.2 Å². The summed E-state index contributed by atoms with van der Waals surface area (Å²) in [6, 6.07) is 6.62. The number of rotatable bonds is 2. The summed E-state index contributed by atoms with van der Waals surface area (Å²) in [6.07, 6.45) is 1.25. The van der Waals surface area contributed by atoms with Gasteiger partial charge in [0, 0.05) is 18.7 Å². The van der Waals surface area contributed by atoms with Crippen molar-refractivity contribution in [3.63, 3.8) is 0 Å². The monoisotopic (exact) mass is 308 g/mol. The molecule has 1 atom stereocenters. The Morgan fingerprint density at radius 1 is 1.43 bits per heavy atom. The van der Waals surface area contributed by atoms with Crippen LogP contribution in [-0.4, -0.2) is 43.1 Å². The summed E-state index contributed by atoms with van der Waals surface area (Å²) in [6.45, 7) is 2.35. The third-order valence-electron chi connectivity index (χ3n) is 3.47. The van der Waals surface area contributed by atoms with Crippen LogP contribution in [0.1, 0.15) is 25.3 Å². The number of nitrogens with two attached hydrogens (primary N) is 1. The molecule has 2 rings (SSSR count). The van der Waals surface area contributed by atoms with E-state index in [1.165, 1.54) is 4.31 Å². The summed E-state index contributed by atoms with van der Waals surface area (Å²) >= 11 is 0. The van der Waals surface area contributed by atoms with Crippen molar-refractivity contribution in [3.05, 3.63) is 29.8 Å². The summed E-state index contributed by atoms with van der Waals surface area (Å²) < 4.78 is 26.9. The first-order chi connectivity index (χ1) is 9.87. The normalized spacial score (nSPS) is 23.4. The Balaban J connectivity index is 2.40. The second-order valence-electron chi connectivity index (χ2n) is 5.44. The van der Waals surface area contributed by atoms with Crippen LogP contribution >= 0.6 is 0 Å². The third kappa shape index (κ3) is 3.63. The maximum atomic E-state index is 12.8. The standard InChI is InChI=1S/C15H20N2O3S/c1-15(18)9-5-11-17(12-15)21(19,20)14-8-3-2-6-13(14)7-4-10-16/h2-3,6,8,18H,5,9-12,16H2,1H3. The van der Waals surface area contributed by atoms with Crippen LogP contribution in [-0.2, 0) is 10.0 Å². The van der Waals surface area contributed by atoms with Gasteiger partial charge in [-0.3, -0.25) is 0 Å². The quantitative estimate of drug-likeness (QED) is 0.781. The zero-order valence-electron chi connectivity index (χ0n) is 12.0. The van der Waals surface area contributed by atoms with Gasteiger partial charge in [-0.25, -0.2) is 8.42 Å². The molecule has 6 heteroatoms. The average Bonchev–Trinajstić information content (AvgIpc) is 2.44. The number of hydrogen-bond acceptors (Lipinski definition) is 4. The zero-order chi connectivity index (χ0) is 15.5. The summed E-state index contributed by atoms with van der Waals surface area (Å²) in [5, 5.41) is 10.1. The van der Waals surface area contributed by atoms with E-state index in [0.717, 1.165) is 0 Å². The highest BCUT2D eigenvalue weighted by molar-refractivity contribution is 7.89. The zero-order valence-corrected chi connectivity index (χ0v) is 12.9. The molecule has 0 aromatic heterocycles. The first kappa shape index (κ1) is 16.0. The number of hydrogen-bond donors (Lipinski definition) is 2. The topological polar surface area (TPSA) is 83.6 Å². The first-order valence-corrected chi connectivity index (χ1v) is 8.31. The van der Waals surface area contributed by atoms with Crippen LogP contribution in [0.4, 0.5) is 0 Å². The van der Waals surface area contributed by atoms with E-state index < -0.39 is 15.6 Å². The molecule has 3 N–H and O–H groups in total. The minimum atomic E-state index is -3.66. The molecule has 21 heavy (non-hydrogen) atoms. The van der Waals surface area contributed by atoms with Crippen LogP contribution in [0.2, 0.25) is 0 Å². The minimum Gasteiger partial charge on any atom is -0.389 e. The molecule has 1 aliphatic rings. The van der Waals surface area contributed by atoms with Crippen LogP contribution < -0.4 is 5.73 Å². The largest absolute Gasteiger partial charge is 0.389 e. The lowest BCUT2D eigenvalue weighted by Crippen LogP contribution is -2.48. The predicted molar refractivity (Wildman–Crippen MR) is 81.0 cm³/mol. The van der Waals surface area contributed by atoms with Crippen LogP contribution in [0.3, 0.4) is 0 Å². The first-order valence-electron chi connectivity index (χ1n) is 6.87. The van der Waals surface area contributed by atoms with E-state index in [1.807, 2.05) is 0 Å². The maximum absolute atomic E-state index is 12.8. The molecule has 0 aliphatic carbocycles. The molecule has 1 aromatic rings. The Hall–Kier alpha value is -1.39. The Morgan fingerprint density at radius 3 is 2.81 bits per heavy atom.